The average molecular weight is 328 g/mol. The summed E-state index contributed by atoms with van der Waals surface area (Å²) in [4.78, 5) is 13.4. The molecule has 1 aliphatic heterocycles. The maximum atomic E-state index is 11.4. The van der Waals surface area contributed by atoms with Crippen molar-refractivity contribution < 1.29 is 9.53 Å². The summed E-state index contributed by atoms with van der Waals surface area (Å²) in [5.41, 5.74) is 0.415. The van der Waals surface area contributed by atoms with Crippen LogP contribution in [0.2, 0.25) is 0 Å². The first-order valence-corrected chi connectivity index (χ1v) is 8.33. The van der Waals surface area contributed by atoms with Crippen molar-refractivity contribution >= 4 is 34.3 Å². The number of rotatable bonds is 3. The molecule has 0 radical (unpaired) electrons. The van der Waals surface area contributed by atoms with Crippen molar-refractivity contribution in [2.75, 3.05) is 0 Å². The first-order valence-electron chi connectivity index (χ1n) is 6.58. The Balaban J connectivity index is 2.08. The third-order valence-electron chi connectivity index (χ3n) is 3.11. The van der Waals surface area contributed by atoms with Crippen LogP contribution in [0.3, 0.4) is 0 Å². The second-order valence-corrected chi connectivity index (χ2v) is 6.57. The van der Waals surface area contributed by atoms with E-state index in [1.165, 1.54) is 6.92 Å². The third kappa shape index (κ3) is 2.82. The van der Waals surface area contributed by atoms with E-state index in [0.717, 1.165) is 9.75 Å². The Morgan fingerprint density at radius 2 is 2.09 bits per heavy atom. The highest BCUT2D eigenvalue weighted by molar-refractivity contribution is 7.11. The summed E-state index contributed by atoms with van der Waals surface area (Å²) in [7, 11) is 0. The monoisotopic (exact) mass is 328 g/mol. The van der Waals surface area contributed by atoms with E-state index in [0.29, 0.717) is 11.3 Å². The molecule has 3 rings (SSSR count). The molecule has 2 aromatic heterocycles. The summed E-state index contributed by atoms with van der Waals surface area (Å²) < 4.78 is 5.77. The Labute approximate surface area is 136 Å². The van der Waals surface area contributed by atoms with E-state index >= 15 is 0 Å². The molecular weight excluding hydrogens is 316 g/mol. The van der Waals surface area contributed by atoms with Crippen LogP contribution in [-0.2, 0) is 9.53 Å². The topological polar surface area (TPSA) is 62.1 Å². The quantitative estimate of drug-likeness (QED) is 0.931. The number of nitrogens with one attached hydrogen (secondary N) is 1. The number of carbonyl (C=O) groups excluding carboxylic acids is 1. The smallest absolute Gasteiger partial charge is 0.223 e. The predicted octanol–water partition coefficient (Wildman–Crippen LogP) is 3.84. The van der Waals surface area contributed by atoms with Gasteiger partial charge < -0.3 is 4.74 Å². The zero-order chi connectivity index (χ0) is 15.5. The average Bonchev–Trinajstić information content (AvgIpc) is 3.19. The van der Waals surface area contributed by atoms with E-state index in [-0.39, 0.29) is 17.7 Å². The van der Waals surface area contributed by atoms with E-state index in [4.69, 9.17) is 4.74 Å². The molecule has 1 unspecified atom stereocenters. The van der Waals surface area contributed by atoms with Crippen LogP contribution < -0.4 is 5.32 Å². The zero-order valence-electron chi connectivity index (χ0n) is 11.7. The van der Waals surface area contributed by atoms with Gasteiger partial charge in [-0.25, -0.2) is 0 Å². The Morgan fingerprint density at radius 3 is 2.68 bits per heavy atom. The predicted molar refractivity (Wildman–Crippen MR) is 86.9 cm³/mol. The van der Waals surface area contributed by atoms with Crippen molar-refractivity contribution in [1.29, 1.82) is 5.26 Å². The van der Waals surface area contributed by atoms with Crippen molar-refractivity contribution in [2.24, 2.45) is 0 Å². The molecule has 0 saturated carbocycles. The molecule has 0 saturated heterocycles. The normalized spacial score (nSPS) is 17.5. The minimum atomic E-state index is -0.264. The van der Waals surface area contributed by atoms with Gasteiger partial charge in [-0.2, -0.15) is 5.26 Å². The van der Waals surface area contributed by atoms with Gasteiger partial charge in [-0.15, -0.1) is 22.7 Å². The number of thiophene rings is 2. The van der Waals surface area contributed by atoms with Crippen molar-refractivity contribution in [3.8, 4) is 6.07 Å². The Hall–Kier alpha value is -2.36. The SMILES string of the molecule is CC(=O)NC1=C(C#N)C(c2cccs2)C=C(c2cccs2)O1. The summed E-state index contributed by atoms with van der Waals surface area (Å²) >= 11 is 3.12. The molecule has 110 valence electrons. The van der Waals surface area contributed by atoms with Gasteiger partial charge in [-0.1, -0.05) is 12.1 Å². The van der Waals surface area contributed by atoms with E-state index in [9.17, 15) is 10.1 Å². The molecule has 2 aromatic rings. The van der Waals surface area contributed by atoms with Crippen LogP contribution in [0.25, 0.3) is 5.76 Å². The number of carbonyl (C=O) groups is 1. The minimum Gasteiger partial charge on any atom is -0.439 e. The lowest BCUT2D eigenvalue weighted by Crippen LogP contribution is -2.25. The fraction of sp³-hybridized carbons (Fsp3) is 0.125. The van der Waals surface area contributed by atoms with Gasteiger partial charge in [0.2, 0.25) is 11.8 Å². The molecule has 1 N–H and O–H groups in total. The van der Waals surface area contributed by atoms with Gasteiger partial charge in [0.15, 0.2) is 0 Å². The number of nitrogens with zero attached hydrogens (tertiary/aromatic N) is 1. The summed E-state index contributed by atoms with van der Waals surface area (Å²) in [6.45, 7) is 1.40. The van der Waals surface area contributed by atoms with Crippen LogP contribution in [0.4, 0.5) is 0 Å². The number of nitriles is 1. The van der Waals surface area contributed by atoms with Gasteiger partial charge in [0.25, 0.3) is 0 Å². The third-order valence-corrected chi connectivity index (χ3v) is 4.95. The van der Waals surface area contributed by atoms with Crippen molar-refractivity contribution in [3.63, 3.8) is 0 Å². The van der Waals surface area contributed by atoms with E-state index in [1.54, 1.807) is 22.7 Å². The lowest BCUT2D eigenvalue weighted by molar-refractivity contribution is -0.118. The number of hydrogen-bond donors (Lipinski definition) is 1. The van der Waals surface area contributed by atoms with Gasteiger partial charge in [-0.3, -0.25) is 10.1 Å². The number of amides is 1. The lowest BCUT2D eigenvalue weighted by atomic mass is 9.95. The maximum absolute atomic E-state index is 11.4. The first kappa shape index (κ1) is 14.6. The fourth-order valence-electron chi connectivity index (χ4n) is 2.19. The van der Waals surface area contributed by atoms with Crippen LogP contribution in [-0.4, -0.2) is 5.91 Å². The molecule has 4 nitrogen and oxygen atoms in total. The summed E-state index contributed by atoms with van der Waals surface area (Å²) in [5.74, 6) is 0.410. The number of allylic oxidation sites excluding steroid dienone is 2. The van der Waals surface area contributed by atoms with Crippen molar-refractivity contribution in [1.82, 2.24) is 5.32 Å². The summed E-state index contributed by atoms with van der Waals surface area (Å²) in [5, 5.41) is 16.1. The lowest BCUT2D eigenvalue weighted by Gasteiger charge is -2.23. The molecule has 1 atom stereocenters. The highest BCUT2D eigenvalue weighted by atomic mass is 32.1. The number of ether oxygens (including phenoxy) is 1. The molecule has 0 aromatic carbocycles. The molecule has 6 heteroatoms. The Morgan fingerprint density at radius 1 is 1.32 bits per heavy atom. The highest BCUT2D eigenvalue weighted by Gasteiger charge is 2.28. The van der Waals surface area contributed by atoms with Gasteiger partial charge in [0.1, 0.15) is 17.4 Å². The van der Waals surface area contributed by atoms with Crippen LogP contribution >= 0.6 is 22.7 Å². The molecule has 3 heterocycles. The number of hydrogen-bond acceptors (Lipinski definition) is 5. The van der Waals surface area contributed by atoms with Crippen molar-refractivity contribution in [3.05, 3.63) is 62.3 Å². The molecular formula is C16H12N2O2S2. The van der Waals surface area contributed by atoms with Gasteiger partial charge in [0.05, 0.1) is 10.8 Å². The summed E-state index contributed by atoms with van der Waals surface area (Å²) in [6.07, 6.45) is 1.93. The fourth-order valence-corrected chi connectivity index (χ4v) is 3.68. The van der Waals surface area contributed by atoms with Crippen LogP contribution in [0.5, 0.6) is 0 Å². The van der Waals surface area contributed by atoms with E-state index < -0.39 is 0 Å². The van der Waals surface area contributed by atoms with E-state index in [2.05, 4.69) is 11.4 Å². The molecule has 0 bridgehead atoms. The van der Waals surface area contributed by atoms with Crippen LogP contribution in [0.15, 0.2) is 52.6 Å². The van der Waals surface area contributed by atoms with Gasteiger partial charge in [-0.05, 0) is 29.0 Å². The largest absolute Gasteiger partial charge is 0.439 e. The van der Waals surface area contributed by atoms with Crippen molar-refractivity contribution in [2.45, 2.75) is 12.8 Å². The van der Waals surface area contributed by atoms with Gasteiger partial charge in [0, 0.05) is 11.8 Å². The standard InChI is InChI=1S/C16H12N2O2S2/c1-10(19)18-16-12(9-17)11(14-4-2-6-21-14)8-13(20-16)15-5-3-7-22-15/h2-8,11H,1H3,(H,18,19). The van der Waals surface area contributed by atoms with Crippen LogP contribution in [0, 0.1) is 11.3 Å². The molecule has 22 heavy (non-hydrogen) atoms. The molecule has 1 aliphatic rings. The second-order valence-electron chi connectivity index (χ2n) is 4.64. The van der Waals surface area contributed by atoms with Crippen LogP contribution in [0.1, 0.15) is 22.6 Å². The molecule has 0 aliphatic carbocycles. The Kier molecular flexibility index (Phi) is 4.09. The zero-order valence-corrected chi connectivity index (χ0v) is 13.3. The second kappa shape index (κ2) is 6.18. The Bertz CT molecular complexity index is 781. The highest BCUT2D eigenvalue weighted by Crippen LogP contribution is 2.39. The molecule has 0 spiro atoms. The van der Waals surface area contributed by atoms with Gasteiger partial charge >= 0.3 is 0 Å². The molecule has 0 fully saturated rings. The van der Waals surface area contributed by atoms with E-state index in [1.807, 2.05) is 41.1 Å². The first-order chi connectivity index (χ1) is 10.7. The minimum absolute atomic E-state index is 0.210. The molecule has 1 amide bonds. The summed E-state index contributed by atoms with van der Waals surface area (Å²) in [6, 6.07) is 9.98. The maximum Gasteiger partial charge on any atom is 0.223 e.